The summed E-state index contributed by atoms with van der Waals surface area (Å²) in [5, 5.41) is 21.0. The highest BCUT2D eigenvalue weighted by molar-refractivity contribution is 5.84. The number of amides is 1. The third-order valence-electron chi connectivity index (χ3n) is 3.93. The Bertz CT molecular complexity index is 677. The van der Waals surface area contributed by atoms with Crippen LogP contribution in [0.4, 0.5) is 10.5 Å². The molecule has 0 radical (unpaired) electrons. The minimum atomic E-state index is -0.597. The van der Waals surface area contributed by atoms with Crippen LogP contribution in [0.5, 0.6) is 5.75 Å². The molecule has 2 aromatic rings. The van der Waals surface area contributed by atoms with Crippen LogP contribution in [0.2, 0.25) is 0 Å². The molecule has 0 aliphatic heterocycles. The Morgan fingerprint density at radius 3 is 2.42 bits per heavy atom. The van der Waals surface area contributed by atoms with E-state index in [1.807, 2.05) is 43.3 Å². The lowest BCUT2D eigenvalue weighted by atomic mass is 9.94. The summed E-state index contributed by atoms with van der Waals surface area (Å²) in [6.45, 7) is 1.93. The van der Waals surface area contributed by atoms with Crippen molar-refractivity contribution in [2.24, 2.45) is 5.92 Å². The normalized spacial score (nSPS) is 12.9. The molecule has 2 rings (SSSR count). The number of carbonyl (C=O) groups is 1. The van der Waals surface area contributed by atoms with Crippen LogP contribution in [0.3, 0.4) is 0 Å². The number of anilines is 1. The van der Waals surface area contributed by atoms with Gasteiger partial charge in [0.05, 0.1) is 6.61 Å². The molecule has 26 heavy (non-hydrogen) atoms. The minimum absolute atomic E-state index is 0.0129. The molecule has 0 heterocycles. The number of nitrogens with one attached hydrogen (secondary N) is 1. The molecule has 0 saturated carbocycles. The molecule has 0 aliphatic rings. The average Bonchev–Trinajstić information content (AvgIpc) is 2.66. The van der Waals surface area contributed by atoms with E-state index in [4.69, 9.17) is 14.6 Å². The lowest BCUT2D eigenvalue weighted by Crippen LogP contribution is -2.23. The van der Waals surface area contributed by atoms with Gasteiger partial charge in [0.1, 0.15) is 18.5 Å². The molecule has 3 N–H and O–H groups in total. The molecule has 0 bridgehead atoms. The maximum absolute atomic E-state index is 12.4. The zero-order valence-electron chi connectivity index (χ0n) is 14.8. The van der Waals surface area contributed by atoms with Crippen molar-refractivity contribution in [3.05, 3.63) is 60.2 Å². The standard InChI is InChI=1S/C20H25NO5/c1-15(11-12-22)19(17-9-5-6-10-18(17)25-14-13-23)26-20(24)21-16-7-3-2-4-8-16/h2-10,15,19,22-23H,11-14H2,1H3,(H,21,24)/t15-,19+/m0/s1. The Hall–Kier alpha value is -2.57. The van der Waals surface area contributed by atoms with Gasteiger partial charge in [-0.1, -0.05) is 43.3 Å². The number of para-hydroxylation sites is 2. The van der Waals surface area contributed by atoms with Gasteiger partial charge >= 0.3 is 6.09 Å². The molecule has 2 atom stereocenters. The molecule has 6 heteroatoms. The molecule has 0 aromatic heterocycles. The third kappa shape index (κ3) is 5.75. The Kier molecular flexibility index (Phi) is 7.92. The molecular formula is C20H25NO5. The van der Waals surface area contributed by atoms with E-state index in [-0.39, 0.29) is 25.7 Å². The smallest absolute Gasteiger partial charge is 0.412 e. The number of rotatable bonds is 9. The Morgan fingerprint density at radius 1 is 1.04 bits per heavy atom. The van der Waals surface area contributed by atoms with E-state index in [9.17, 15) is 9.90 Å². The van der Waals surface area contributed by atoms with Gasteiger partial charge in [0.25, 0.3) is 0 Å². The van der Waals surface area contributed by atoms with E-state index in [0.717, 1.165) is 0 Å². The van der Waals surface area contributed by atoms with Gasteiger partial charge < -0.3 is 19.7 Å². The van der Waals surface area contributed by atoms with Crippen molar-refractivity contribution in [2.45, 2.75) is 19.4 Å². The fraction of sp³-hybridized carbons (Fsp3) is 0.350. The second-order valence-electron chi connectivity index (χ2n) is 5.92. The van der Waals surface area contributed by atoms with E-state index in [1.54, 1.807) is 18.2 Å². The summed E-state index contributed by atoms with van der Waals surface area (Å²) >= 11 is 0. The maximum Gasteiger partial charge on any atom is 0.412 e. The van der Waals surface area contributed by atoms with Crippen LogP contribution >= 0.6 is 0 Å². The number of aliphatic hydroxyl groups is 2. The monoisotopic (exact) mass is 359 g/mol. The molecule has 2 aromatic carbocycles. The number of hydrogen-bond acceptors (Lipinski definition) is 5. The molecular weight excluding hydrogens is 334 g/mol. The van der Waals surface area contributed by atoms with Crippen LogP contribution < -0.4 is 10.1 Å². The van der Waals surface area contributed by atoms with Gasteiger partial charge in [0, 0.05) is 17.9 Å². The summed E-state index contributed by atoms with van der Waals surface area (Å²) in [6.07, 6.45) is -0.707. The Morgan fingerprint density at radius 2 is 1.73 bits per heavy atom. The average molecular weight is 359 g/mol. The molecule has 6 nitrogen and oxygen atoms in total. The van der Waals surface area contributed by atoms with Gasteiger partial charge in [-0.3, -0.25) is 5.32 Å². The van der Waals surface area contributed by atoms with Crippen LogP contribution in [0, 0.1) is 5.92 Å². The van der Waals surface area contributed by atoms with Gasteiger partial charge in [0.2, 0.25) is 0 Å². The number of hydrogen-bond donors (Lipinski definition) is 3. The number of ether oxygens (including phenoxy) is 2. The molecule has 0 saturated heterocycles. The first kappa shape index (κ1) is 19.8. The third-order valence-corrected chi connectivity index (χ3v) is 3.93. The topological polar surface area (TPSA) is 88.0 Å². The van der Waals surface area contributed by atoms with Crippen LogP contribution in [-0.2, 0) is 4.74 Å². The lowest BCUT2D eigenvalue weighted by molar-refractivity contribution is 0.0641. The maximum atomic E-state index is 12.4. The zero-order valence-corrected chi connectivity index (χ0v) is 14.8. The summed E-state index contributed by atoms with van der Waals surface area (Å²) < 4.78 is 11.2. The second-order valence-corrected chi connectivity index (χ2v) is 5.92. The van der Waals surface area contributed by atoms with Crippen molar-refractivity contribution in [2.75, 3.05) is 25.1 Å². The summed E-state index contributed by atoms with van der Waals surface area (Å²) in [4.78, 5) is 12.4. The van der Waals surface area contributed by atoms with Crippen molar-refractivity contribution in [1.82, 2.24) is 0 Å². The first-order chi connectivity index (χ1) is 12.7. The summed E-state index contributed by atoms with van der Waals surface area (Å²) in [5.41, 5.74) is 1.33. The lowest BCUT2D eigenvalue weighted by Gasteiger charge is -2.26. The predicted molar refractivity (Wildman–Crippen MR) is 99.2 cm³/mol. The van der Waals surface area contributed by atoms with Crippen molar-refractivity contribution < 1.29 is 24.5 Å². The summed E-state index contributed by atoms with van der Waals surface area (Å²) in [7, 11) is 0. The predicted octanol–water partition coefficient (Wildman–Crippen LogP) is 3.37. The van der Waals surface area contributed by atoms with Crippen LogP contribution in [0.1, 0.15) is 25.0 Å². The van der Waals surface area contributed by atoms with Crippen molar-refractivity contribution in [1.29, 1.82) is 0 Å². The van der Waals surface area contributed by atoms with Crippen LogP contribution in [0.15, 0.2) is 54.6 Å². The van der Waals surface area contributed by atoms with Crippen molar-refractivity contribution >= 4 is 11.8 Å². The quantitative estimate of drug-likeness (QED) is 0.639. The highest BCUT2D eigenvalue weighted by Crippen LogP contribution is 2.35. The molecule has 0 fully saturated rings. The Labute approximate surface area is 153 Å². The van der Waals surface area contributed by atoms with Gasteiger partial charge in [0.15, 0.2) is 0 Å². The van der Waals surface area contributed by atoms with Crippen molar-refractivity contribution in [3.8, 4) is 5.75 Å². The van der Waals surface area contributed by atoms with Gasteiger partial charge in [-0.25, -0.2) is 4.79 Å². The zero-order chi connectivity index (χ0) is 18.8. The van der Waals surface area contributed by atoms with Gasteiger partial charge in [-0.2, -0.15) is 0 Å². The Balaban J connectivity index is 2.19. The van der Waals surface area contributed by atoms with Gasteiger partial charge in [-0.15, -0.1) is 0 Å². The molecule has 0 spiro atoms. The largest absolute Gasteiger partial charge is 0.491 e. The minimum Gasteiger partial charge on any atom is -0.491 e. The van der Waals surface area contributed by atoms with E-state index < -0.39 is 12.2 Å². The summed E-state index contributed by atoms with van der Waals surface area (Å²) in [6, 6.07) is 16.3. The highest BCUT2D eigenvalue weighted by Gasteiger charge is 2.26. The summed E-state index contributed by atoms with van der Waals surface area (Å²) in [5.74, 6) is 0.421. The highest BCUT2D eigenvalue weighted by atomic mass is 16.6. The van der Waals surface area contributed by atoms with Crippen molar-refractivity contribution in [3.63, 3.8) is 0 Å². The molecule has 140 valence electrons. The first-order valence-electron chi connectivity index (χ1n) is 8.61. The van der Waals surface area contributed by atoms with Gasteiger partial charge in [-0.05, 0) is 30.5 Å². The number of carbonyl (C=O) groups excluding carboxylic acids is 1. The van der Waals surface area contributed by atoms with E-state index in [2.05, 4.69) is 5.32 Å². The molecule has 0 unspecified atom stereocenters. The molecule has 1 amide bonds. The molecule has 0 aliphatic carbocycles. The fourth-order valence-corrected chi connectivity index (χ4v) is 2.63. The van der Waals surface area contributed by atoms with E-state index in [0.29, 0.717) is 23.4 Å². The van der Waals surface area contributed by atoms with Crippen LogP contribution in [-0.4, -0.2) is 36.1 Å². The second kappa shape index (κ2) is 10.4. The number of benzene rings is 2. The van der Waals surface area contributed by atoms with E-state index in [1.165, 1.54) is 0 Å². The van der Waals surface area contributed by atoms with Crippen LogP contribution in [0.25, 0.3) is 0 Å². The SMILES string of the molecule is C[C@@H](CCO)[C@@H](OC(=O)Nc1ccccc1)c1ccccc1OCCO. The van der Waals surface area contributed by atoms with E-state index >= 15 is 0 Å². The number of aliphatic hydroxyl groups excluding tert-OH is 2. The fourth-order valence-electron chi connectivity index (χ4n) is 2.63. The first-order valence-corrected chi connectivity index (χ1v) is 8.61.